The summed E-state index contributed by atoms with van der Waals surface area (Å²) in [5.74, 6) is 0.632. The van der Waals surface area contributed by atoms with Gasteiger partial charge in [-0.05, 0) is 47.0 Å². The third-order valence-electron chi connectivity index (χ3n) is 4.29. The molecule has 25 heavy (non-hydrogen) atoms. The highest BCUT2D eigenvalue weighted by Gasteiger charge is 2.38. The Bertz CT molecular complexity index is 622. The molecule has 1 aromatic rings. The maximum atomic E-state index is 12.5. The van der Waals surface area contributed by atoms with Gasteiger partial charge in [-0.15, -0.1) is 0 Å². The predicted octanol–water partition coefficient (Wildman–Crippen LogP) is 3.53. The van der Waals surface area contributed by atoms with Gasteiger partial charge in [0, 0.05) is 12.0 Å². The summed E-state index contributed by atoms with van der Waals surface area (Å²) in [5, 5.41) is 6.35. The van der Waals surface area contributed by atoms with Crippen molar-refractivity contribution in [2.24, 2.45) is 0 Å². The average Bonchev–Trinajstić information content (AvgIpc) is 3.03. The van der Waals surface area contributed by atoms with Crippen LogP contribution in [0.1, 0.15) is 58.6 Å². The fraction of sp³-hybridized carbons (Fsp3) is 0.750. The molecule has 0 aromatic carbocycles. The minimum absolute atomic E-state index is 0.0729. The molecule has 0 spiro atoms. The Morgan fingerprint density at radius 2 is 2.04 bits per heavy atom. The highest BCUT2D eigenvalue weighted by Crippen LogP contribution is 2.37. The van der Waals surface area contributed by atoms with Crippen molar-refractivity contribution in [2.45, 2.75) is 76.7 Å². The predicted molar refractivity (Wildman–Crippen MR) is 87.1 cm³/mol. The molecule has 2 rings (SSSR count). The summed E-state index contributed by atoms with van der Waals surface area (Å²) < 4.78 is 44.2. The number of carbonyl (C=O) groups is 1. The number of alkyl carbamates (subject to hydrolysis) is 1. The third-order valence-corrected chi connectivity index (χ3v) is 4.29. The van der Waals surface area contributed by atoms with Crippen LogP contribution >= 0.6 is 0 Å². The molecule has 3 N–H and O–H groups in total. The van der Waals surface area contributed by atoms with Crippen LogP contribution in [0.3, 0.4) is 0 Å². The van der Waals surface area contributed by atoms with Crippen LogP contribution in [-0.2, 0) is 10.3 Å². The van der Waals surface area contributed by atoms with Gasteiger partial charge in [-0.3, -0.25) is 0 Å². The van der Waals surface area contributed by atoms with E-state index >= 15 is 0 Å². The Hall–Kier alpha value is -1.93. The number of halogens is 3. The number of nitrogen functional groups attached to an aromatic ring is 1. The molecule has 142 valence electrons. The van der Waals surface area contributed by atoms with Crippen molar-refractivity contribution in [3.8, 4) is 0 Å². The maximum absolute atomic E-state index is 12.5. The Morgan fingerprint density at radius 1 is 1.40 bits per heavy atom. The van der Waals surface area contributed by atoms with Crippen LogP contribution < -0.4 is 11.1 Å². The Morgan fingerprint density at radius 3 is 2.56 bits per heavy atom. The summed E-state index contributed by atoms with van der Waals surface area (Å²) in [6, 6.07) is -0.135. The Balaban J connectivity index is 1.93. The lowest BCUT2D eigenvalue weighted by Gasteiger charge is -2.20. The van der Waals surface area contributed by atoms with Gasteiger partial charge in [-0.25, -0.2) is 9.48 Å². The largest absolute Gasteiger partial charge is 0.446 e. The van der Waals surface area contributed by atoms with Gasteiger partial charge >= 0.3 is 12.3 Å². The monoisotopic (exact) mass is 362 g/mol. The fourth-order valence-electron chi connectivity index (χ4n) is 2.91. The minimum Gasteiger partial charge on any atom is -0.446 e. The number of rotatable bonds is 3. The first kappa shape index (κ1) is 19.4. The summed E-state index contributed by atoms with van der Waals surface area (Å²) in [6.07, 6.45) is -4.11. The number of carbonyl (C=O) groups excluding carboxylic acids is 1. The van der Waals surface area contributed by atoms with E-state index in [0.29, 0.717) is 18.7 Å². The van der Waals surface area contributed by atoms with Gasteiger partial charge in [0.2, 0.25) is 0 Å². The molecular weight excluding hydrogens is 337 g/mol. The lowest BCUT2D eigenvalue weighted by molar-refractivity contribution is -0.150. The van der Waals surface area contributed by atoms with E-state index in [1.807, 2.05) is 32.2 Å². The number of alkyl halides is 3. The lowest BCUT2D eigenvalue weighted by Crippen LogP contribution is -2.44. The zero-order valence-electron chi connectivity index (χ0n) is 14.9. The van der Waals surface area contributed by atoms with Gasteiger partial charge in [-0.1, -0.05) is 0 Å². The van der Waals surface area contributed by atoms with Crippen molar-refractivity contribution in [3.05, 3.63) is 11.8 Å². The molecule has 1 aliphatic rings. The molecule has 0 radical (unpaired) electrons. The molecule has 1 amide bonds. The Kier molecular flexibility index (Phi) is 5.24. The molecule has 3 atom stereocenters. The van der Waals surface area contributed by atoms with Crippen molar-refractivity contribution < 1.29 is 22.7 Å². The third kappa shape index (κ3) is 4.79. The molecule has 1 aliphatic carbocycles. The van der Waals surface area contributed by atoms with Crippen LogP contribution in [0, 0.1) is 0 Å². The van der Waals surface area contributed by atoms with Crippen molar-refractivity contribution >= 4 is 11.9 Å². The van der Waals surface area contributed by atoms with Crippen molar-refractivity contribution in [3.63, 3.8) is 0 Å². The number of hydrogen-bond acceptors (Lipinski definition) is 4. The van der Waals surface area contributed by atoms with E-state index < -0.39 is 24.4 Å². The first-order valence-electron chi connectivity index (χ1n) is 8.27. The number of anilines is 1. The molecule has 6 nitrogen and oxygen atoms in total. The van der Waals surface area contributed by atoms with E-state index in [1.54, 1.807) is 4.68 Å². The highest BCUT2D eigenvalue weighted by molar-refractivity contribution is 5.67. The number of nitrogens with zero attached hydrogens (tertiary/aromatic N) is 2. The first-order chi connectivity index (χ1) is 11.4. The van der Waals surface area contributed by atoms with E-state index in [1.165, 1.54) is 0 Å². The molecule has 0 saturated heterocycles. The van der Waals surface area contributed by atoms with Gasteiger partial charge < -0.3 is 15.8 Å². The van der Waals surface area contributed by atoms with Gasteiger partial charge in [0.15, 0.2) is 0 Å². The van der Waals surface area contributed by atoms with E-state index in [-0.39, 0.29) is 11.5 Å². The molecule has 9 heteroatoms. The van der Waals surface area contributed by atoms with E-state index in [4.69, 9.17) is 10.5 Å². The Labute approximate surface area is 144 Å². The minimum atomic E-state index is -4.49. The number of hydrogen-bond donors (Lipinski definition) is 2. The average molecular weight is 362 g/mol. The van der Waals surface area contributed by atoms with Crippen molar-refractivity contribution in [1.82, 2.24) is 15.1 Å². The lowest BCUT2D eigenvalue weighted by atomic mass is 10.0. The number of nitrogens with two attached hydrogens (primary N) is 1. The summed E-state index contributed by atoms with van der Waals surface area (Å²) in [7, 11) is 0. The topological polar surface area (TPSA) is 82.2 Å². The quantitative estimate of drug-likeness (QED) is 0.862. The number of ether oxygens (including phenoxy) is 1. The van der Waals surface area contributed by atoms with Crippen LogP contribution in [0.5, 0.6) is 0 Å². The van der Waals surface area contributed by atoms with E-state index in [2.05, 4.69) is 5.10 Å². The van der Waals surface area contributed by atoms with Crippen LogP contribution in [-0.4, -0.2) is 34.2 Å². The van der Waals surface area contributed by atoms with Gasteiger partial charge in [0.25, 0.3) is 0 Å². The first-order valence-corrected chi connectivity index (χ1v) is 8.27. The SMILES string of the molecule is CC(NC(=O)O[C@@H]1CC[C@H](c2cc(N)n(C(C)(C)C)n2)C1)C(F)(F)F. The van der Waals surface area contributed by atoms with Crippen LogP contribution in [0.25, 0.3) is 0 Å². The molecule has 1 saturated carbocycles. The second-order valence-electron chi connectivity index (χ2n) is 7.52. The molecule has 0 aliphatic heterocycles. The van der Waals surface area contributed by atoms with Gasteiger partial charge in [-0.2, -0.15) is 18.3 Å². The van der Waals surface area contributed by atoms with Crippen LogP contribution in [0.4, 0.5) is 23.8 Å². The number of amides is 1. The molecular formula is C16H25F3N4O2. The molecule has 0 bridgehead atoms. The molecule has 1 heterocycles. The maximum Gasteiger partial charge on any atom is 0.408 e. The smallest absolute Gasteiger partial charge is 0.408 e. The number of aromatic nitrogens is 2. The second-order valence-corrected chi connectivity index (χ2v) is 7.52. The zero-order valence-corrected chi connectivity index (χ0v) is 14.9. The van der Waals surface area contributed by atoms with Crippen LogP contribution in [0.15, 0.2) is 6.07 Å². The molecule has 1 aromatic heterocycles. The van der Waals surface area contributed by atoms with Crippen molar-refractivity contribution in [2.75, 3.05) is 5.73 Å². The van der Waals surface area contributed by atoms with Crippen molar-refractivity contribution in [1.29, 1.82) is 0 Å². The summed E-state index contributed by atoms with van der Waals surface area (Å²) in [5.41, 5.74) is 6.58. The standard InChI is InChI=1S/C16H25F3N4O2/c1-9(16(17,18)19)21-14(24)25-11-6-5-10(7-11)12-8-13(20)23(22-12)15(2,3)4/h8-11H,5-7,20H2,1-4H3,(H,21,24)/t9?,10-,11+/m0/s1. The summed E-state index contributed by atoms with van der Waals surface area (Å²) in [6.45, 7) is 6.85. The summed E-state index contributed by atoms with van der Waals surface area (Å²) in [4.78, 5) is 11.6. The number of nitrogens with one attached hydrogen (secondary N) is 1. The fourth-order valence-corrected chi connectivity index (χ4v) is 2.91. The van der Waals surface area contributed by atoms with Crippen LogP contribution in [0.2, 0.25) is 0 Å². The molecule has 1 fully saturated rings. The highest BCUT2D eigenvalue weighted by atomic mass is 19.4. The van der Waals surface area contributed by atoms with E-state index in [0.717, 1.165) is 19.0 Å². The second kappa shape index (κ2) is 6.76. The van der Waals surface area contributed by atoms with Gasteiger partial charge in [0.05, 0.1) is 11.2 Å². The summed E-state index contributed by atoms with van der Waals surface area (Å²) >= 11 is 0. The van der Waals surface area contributed by atoms with Gasteiger partial charge in [0.1, 0.15) is 18.0 Å². The zero-order chi connectivity index (χ0) is 19.0. The van der Waals surface area contributed by atoms with E-state index in [9.17, 15) is 18.0 Å². The normalized spacial score (nSPS) is 22.7. The molecule has 1 unspecified atom stereocenters.